The van der Waals surface area contributed by atoms with Crippen molar-refractivity contribution in [1.82, 2.24) is 5.32 Å². The molecule has 0 saturated carbocycles. The summed E-state index contributed by atoms with van der Waals surface area (Å²) in [6.07, 6.45) is 0.0823. The number of rotatable bonds is 6. The predicted octanol–water partition coefficient (Wildman–Crippen LogP) is 2.68. The van der Waals surface area contributed by atoms with Gasteiger partial charge in [-0.2, -0.15) is 0 Å². The SMILES string of the molecule is Cc1ccc(OCCNC(=O)C2CC(=O)N(c3ccccc3F)C2)cc1. The van der Waals surface area contributed by atoms with Crippen LogP contribution in [0.4, 0.5) is 10.1 Å². The second-order valence-electron chi connectivity index (χ2n) is 6.31. The average Bonchev–Trinajstić information content (AvgIpc) is 3.02. The molecule has 0 aliphatic carbocycles. The van der Waals surface area contributed by atoms with Crippen LogP contribution in [0.3, 0.4) is 0 Å². The fourth-order valence-electron chi connectivity index (χ4n) is 2.91. The van der Waals surface area contributed by atoms with Gasteiger partial charge in [0, 0.05) is 13.0 Å². The lowest BCUT2D eigenvalue weighted by Gasteiger charge is -2.17. The monoisotopic (exact) mass is 356 g/mol. The molecule has 1 N–H and O–H groups in total. The Hall–Kier alpha value is -2.89. The quantitative estimate of drug-likeness (QED) is 0.810. The highest BCUT2D eigenvalue weighted by molar-refractivity contribution is 6.00. The third-order valence-corrected chi connectivity index (χ3v) is 4.33. The van der Waals surface area contributed by atoms with Crippen molar-refractivity contribution in [2.24, 2.45) is 5.92 Å². The van der Waals surface area contributed by atoms with E-state index in [0.29, 0.717) is 13.2 Å². The number of hydrogen-bond acceptors (Lipinski definition) is 3. The molecule has 1 fully saturated rings. The lowest BCUT2D eigenvalue weighted by molar-refractivity contribution is -0.126. The normalized spacial score (nSPS) is 16.6. The first kappa shape index (κ1) is 17.9. The molecule has 0 spiro atoms. The van der Waals surface area contributed by atoms with E-state index in [1.165, 1.54) is 11.0 Å². The molecule has 2 amide bonds. The van der Waals surface area contributed by atoms with Crippen molar-refractivity contribution in [2.75, 3.05) is 24.6 Å². The zero-order chi connectivity index (χ0) is 18.5. The van der Waals surface area contributed by atoms with Crippen molar-refractivity contribution in [3.05, 3.63) is 59.9 Å². The Kier molecular flexibility index (Phi) is 5.51. The molecule has 1 atom stereocenters. The van der Waals surface area contributed by atoms with Crippen LogP contribution >= 0.6 is 0 Å². The van der Waals surface area contributed by atoms with Gasteiger partial charge in [0.15, 0.2) is 0 Å². The summed E-state index contributed by atoms with van der Waals surface area (Å²) < 4.78 is 19.4. The Balaban J connectivity index is 1.47. The molecule has 0 radical (unpaired) electrons. The Morgan fingerprint density at radius 1 is 1.23 bits per heavy atom. The molecule has 2 aromatic rings. The molecule has 1 heterocycles. The minimum absolute atomic E-state index is 0.0823. The van der Waals surface area contributed by atoms with E-state index in [-0.39, 0.29) is 30.5 Å². The van der Waals surface area contributed by atoms with Gasteiger partial charge in [-0.05, 0) is 31.2 Å². The summed E-state index contributed by atoms with van der Waals surface area (Å²) in [6, 6.07) is 13.7. The number of para-hydroxylation sites is 1. The van der Waals surface area contributed by atoms with Crippen LogP contribution in [0.25, 0.3) is 0 Å². The summed E-state index contributed by atoms with van der Waals surface area (Å²) in [4.78, 5) is 25.7. The molecular weight excluding hydrogens is 335 g/mol. The highest BCUT2D eigenvalue weighted by Gasteiger charge is 2.35. The van der Waals surface area contributed by atoms with Crippen LogP contribution in [0.5, 0.6) is 5.75 Å². The van der Waals surface area contributed by atoms with E-state index in [0.717, 1.165) is 11.3 Å². The van der Waals surface area contributed by atoms with Gasteiger partial charge in [0.25, 0.3) is 0 Å². The van der Waals surface area contributed by atoms with Crippen molar-refractivity contribution in [3.8, 4) is 5.75 Å². The molecule has 1 aliphatic heterocycles. The predicted molar refractivity (Wildman–Crippen MR) is 96.5 cm³/mol. The molecule has 1 unspecified atom stereocenters. The zero-order valence-electron chi connectivity index (χ0n) is 14.6. The number of nitrogens with zero attached hydrogens (tertiary/aromatic N) is 1. The number of nitrogens with one attached hydrogen (secondary N) is 1. The number of carbonyl (C=O) groups is 2. The van der Waals surface area contributed by atoms with Crippen LogP contribution in [0, 0.1) is 18.7 Å². The average molecular weight is 356 g/mol. The van der Waals surface area contributed by atoms with E-state index in [4.69, 9.17) is 4.74 Å². The third kappa shape index (κ3) is 4.20. The Bertz CT molecular complexity index is 792. The summed E-state index contributed by atoms with van der Waals surface area (Å²) in [7, 11) is 0. The number of amides is 2. The smallest absolute Gasteiger partial charge is 0.227 e. The highest BCUT2D eigenvalue weighted by atomic mass is 19.1. The topological polar surface area (TPSA) is 58.6 Å². The first-order chi connectivity index (χ1) is 12.5. The molecule has 0 bridgehead atoms. The van der Waals surface area contributed by atoms with E-state index in [1.54, 1.807) is 18.2 Å². The fraction of sp³-hybridized carbons (Fsp3) is 0.300. The van der Waals surface area contributed by atoms with Gasteiger partial charge in [0.1, 0.15) is 18.2 Å². The van der Waals surface area contributed by atoms with E-state index >= 15 is 0 Å². The van der Waals surface area contributed by atoms with E-state index < -0.39 is 11.7 Å². The minimum Gasteiger partial charge on any atom is -0.492 e. The number of ether oxygens (including phenoxy) is 1. The molecule has 3 rings (SSSR count). The second-order valence-corrected chi connectivity index (χ2v) is 6.31. The molecular formula is C20H21FN2O3. The van der Waals surface area contributed by atoms with Crippen LogP contribution in [0.2, 0.25) is 0 Å². The van der Waals surface area contributed by atoms with Crippen LogP contribution in [-0.2, 0) is 9.59 Å². The Morgan fingerprint density at radius 2 is 1.96 bits per heavy atom. The fourth-order valence-corrected chi connectivity index (χ4v) is 2.91. The summed E-state index contributed by atoms with van der Waals surface area (Å²) in [5, 5.41) is 2.78. The summed E-state index contributed by atoms with van der Waals surface area (Å²) in [5.74, 6) is -0.669. The molecule has 2 aromatic carbocycles. The highest BCUT2D eigenvalue weighted by Crippen LogP contribution is 2.27. The summed E-state index contributed by atoms with van der Waals surface area (Å²) in [6.45, 7) is 2.87. The first-order valence-corrected chi connectivity index (χ1v) is 8.56. The van der Waals surface area contributed by atoms with Crippen LogP contribution in [0.1, 0.15) is 12.0 Å². The molecule has 1 aliphatic rings. The minimum atomic E-state index is -0.485. The Morgan fingerprint density at radius 3 is 2.69 bits per heavy atom. The van der Waals surface area contributed by atoms with Crippen LogP contribution in [-0.4, -0.2) is 31.5 Å². The van der Waals surface area contributed by atoms with Gasteiger partial charge in [-0.25, -0.2) is 4.39 Å². The molecule has 136 valence electrons. The largest absolute Gasteiger partial charge is 0.492 e. The van der Waals surface area contributed by atoms with Gasteiger partial charge in [-0.1, -0.05) is 29.8 Å². The standard InChI is InChI=1S/C20H21FN2O3/c1-14-6-8-16(9-7-14)26-11-10-22-20(25)15-12-19(24)23(13-15)18-5-3-2-4-17(18)21/h2-9,15H,10-13H2,1H3,(H,22,25). The third-order valence-electron chi connectivity index (χ3n) is 4.33. The molecule has 26 heavy (non-hydrogen) atoms. The maximum atomic E-state index is 13.9. The van der Waals surface area contributed by atoms with Crippen molar-refractivity contribution >= 4 is 17.5 Å². The first-order valence-electron chi connectivity index (χ1n) is 8.56. The van der Waals surface area contributed by atoms with Gasteiger partial charge in [0.05, 0.1) is 18.2 Å². The number of benzene rings is 2. The molecule has 0 aromatic heterocycles. The lowest BCUT2D eigenvalue weighted by Crippen LogP contribution is -2.35. The molecule has 6 heteroatoms. The number of carbonyl (C=O) groups excluding carboxylic acids is 2. The maximum absolute atomic E-state index is 13.9. The maximum Gasteiger partial charge on any atom is 0.227 e. The van der Waals surface area contributed by atoms with Crippen molar-refractivity contribution in [1.29, 1.82) is 0 Å². The summed E-state index contributed by atoms with van der Waals surface area (Å²) in [5.41, 5.74) is 1.37. The van der Waals surface area contributed by atoms with Crippen LogP contribution in [0.15, 0.2) is 48.5 Å². The molecule has 1 saturated heterocycles. The number of hydrogen-bond donors (Lipinski definition) is 1. The van der Waals surface area contributed by atoms with Gasteiger partial charge in [-0.3, -0.25) is 9.59 Å². The van der Waals surface area contributed by atoms with Gasteiger partial charge < -0.3 is 15.0 Å². The van der Waals surface area contributed by atoms with Crippen molar-refractivity contribution < 1.29 is 18.7 Å². The number of aryl methyl sites for hydroxylation is 1. The van der Waals surface area contributed by atoms with E-state index in [1.807, 2.05) is 31.2 Å². The van der Waals surface area contributed by atoms with Gasteiger partial charge in [0.2, 0.25) is 11.8 Å². The lowest BCUT2D eigenvalue weighted by atomic mass is 10.1. The second kappa shape index (κ2) is 7.99. The van der Waals surface area contributed by atoms with E-state index in [9.17, 15) is 14.0 Å². The Labute approximate surface area is 151 Å². The van der Waals surface area contributed by atoms with Crippen LogP contribution < -0.4 is 15.0 Å². The number of anilines is 1. The summed E-state index contributed by atoms with van der Waals surface area (Å²) >= 11 is 0. The van der Waals surface area contributed by atoms with Crippen molar-refractivity contribution in [2.45, 2.75) is 13.3 Å². The zero-order valence-corrected chi connectivity index (χ0v) is 14.6. The van der Waals surface area contributed by atoms with Gasteiger partial charge in [-0.15, -0.1) is 0 Å². The van der Waals surface area contributed by atoms with E-state index in [2.05, 4.69) is 5.32 Å². The van der Waals surface area contributed by atoms with Gasteiger partial charge >= 0.3 is 0 Å². The molecule has 5 nitrogen and oxygen atoms in total. The number of halogens is 1. The van der Waals surface area contributed by atoms with Crippen molar-refractivity contribution in [3.63, 3.8) is 0 Å².